The van der Waals surface area contributed by atoms with Gasteiger partial charge < -0.3 is 15.5 Å². The summed E-state index contributed by atoms with van der Waals surface area (Å²) in [6, 6.07) is 14.9. The van der Waals surface area contributed by atoms with Gasteiger partial charge in [0, 0.05) is 31.1 Å². The molecule has 3 aromatic rings. The van der Waals surface area contributed by atoms with E-state index in [4.69, 9.17) is 10.2 Å². The van der Waals surface area contributed by atoms with Crippen LogP contribution in [0.4, 0.5) is 5.69 Å². The van der Waals surface area contributed by atoms with Crippen LogP contribution in [0.5, 0.6) is 0 Å². The van der Waals surface area contributed by atoms with Crippen molar-refractivity contribution < 1.29 is 14.0 Å². The van der Waals surface area contributed by atoms with Crippen LogP contribution in [-0.4, -0.2) is 34.4 Å². The van der Waals surface area contributed by atoms with Crippen molar-refractivity contribution in [3.05, 3.63) is 64.6 Å². The summed E-state index contributed by atoms with van der Waals surface area (Å²) in [5.41, 5.74) is 8.41. The third-order valence-electron chi connectivity index (χ3n) is 5.74. The Morgan fingerprint density at radius 1 is 1.10 bits per heavy atom. The monoisotopic (exact) mass is 422 g/mol. The fourth-order valence-electron chi connectivity index (χ4n) is 4.04. The molecule has 8 nitrogen and oxygen atoms in total. The summed E-state index contributed by atoms with van der Waals surface area (Å²) in [5, 5.41) is 2.91. The van der Waals surface area contributed by atoms with Crippen molar-refractivity contribution >= 4 is 28.6 Å². The standard InChI is InChI=1S/C23H26N4O4/c24-22(29)17-8-11-26(12-9-17)15-16-4-3-5-18(14-16)25-21(28)10-13-27-19-6-1-2-7-20(19)31-23(27)30/h1-7,14,17H,8-13,15H2,(H2,24,29)(H,25,28). The lowest BCUT2D eigenvalue weighted by Gasteiger charge is -2.30. The lowest BCUT2D eigenvalue weighted by Crippen LogP contribution is -2.38. The number of hydrogen-bond acceptors (Lipinski definition) is 5. The molecule has 0 unspecified atom stereocenters. The van der Waals surface area contributed by atoms with Crippen molar-refractivity contribution in [3.8, 4) is 0 Å². The summed E-state index contributed by atoms with van der Waals surface area (Å²) in [6.45, 7) is 2.66. The highest BCUT2D eigenvalue weighted by Gasteiger charge is 2.23. The largest absolute Gasteiger partial charge is 0.419 e. The molecule has 0 radical (unpaired) electrons. The minimum atomic E-state index is -0.462. The van der Waals surface area contributed by atoms with Crippen LogP contribution < -0.4 is 16.8 Å². The van der Waals surface area contributed by atoms with Crippen LogP contribution in [0.1, 0.15) is 24.8 Å². The summed E-state index contributed by atoms with van der Waals surface area (Å²) < 4.78 is 6.68. The van der Waals surface area contributed by atoms with Gasteiger partial charge in [0.15, 0.2) is 5.58 Å². The lowest BCUT2D eigenvalue weighted by atomic mass is 9.96. The highest BCUT2D eigenvalue weighted by molar-refractivity contribution is 5.90. The quantitative estimate of drug-likeness (QED) is 0.607. The molecule has 4 rings (SSSR count). The van der Waals surface area contributed by atoms with Gasteiger partial charge in [-0.3, -0.25) is 19.1 Å². The normalized spacial score (nSPS) is 15.2. The van der Waals surface area contributed by atoms with Gasteiger partial charge in [-0.1, -0.05) is 24.3 Å². The molecule has 1 aromatic heterocycles. The second-order valence-corrected chi connectivity index (χ2v) is 7.94. The van der Waals surface area contributed by atoms with Crippen molar-refractivity contribution in [1.82, 2.24) is 9.47 Å². The van der Waals surface area contributed by atoms with E-state index in [-0.39, 0.29) is 30.7 Å². The van der Waals surface area contributed by atoms with E-state index in [1.807, 2.05) is 30.3 Å². The number of para-hydroxylation sites is 2. The third-order valence-corrected chi connectivity index (χ3v) is 5.74. The number of nitrogens with zero attached hydrogens (tertiary/aromatic N) is 2. The van der Waals surface area contributed by atoms with E-state index in [1.54, 1.807) is 18.2 Å². The summed E-state index contributed by atoms with van der Waals surface area (Å²) in [5.74, 6) is -0.871. The average molecular weight is 422 g/mol. The molecule has 2 aromatic carbocycles. The first-order valence-electron chi connectivity index (χ1n) is 10.5. The fourth-order valence-corrected chi connectivity index (χ4v) is 4.04. The SMILES string of the molecule is NC(=O)C1CCN(Cc2cccc(NC(=O)CCn3c(=O)oc4ccccc43)c2)CC1. The van der Waals surface area contributed by atoms with Gasteiger partial charge in [-0.2, -0.15) is 0 Å². The topological polar surface area (TPSA) is 111 Å². The highest BCUT2D eigenvalue weighted by atomic mass is 16.4. The predicted octanol–water partition coefficient (Wildman–Crippen LogP) is 2.32. The number of primary amides is 1. The highest BCUT2D eigenvalue weighted by Crippen LogP contribution is 2.20. The number of carbonyl (C=O) groups excluding carboxylic acids is 2. The molecule has 0 aliphatic carbocycles. The number of rotatable bonds is 7. The van der Waals surface area contributed by atoms with Gasteiger partial charge in [0.1, 0.15) is 0 Å². The Morgan fingerprint density at radius 2 is 1.87 bits per heavy atom. The maximum Gasteiger partial charge on any atom is 0.419 e. The summed E-state index contributed by atoms with van der Waals surface area (Å²) in [4.78, 5) is 38.1. The zero-order valence-corrected chi connectivity index (χ0v) is 17.3. The zero-order valence-electron chi connectivity index (χ0n) is 17.3. The number of benzene rings is 2. The van der Waals surface area contributed by atoms with E-state index < -0.39 is 5.76 Å². The molecule has 0 bridgehead atoms. The molecule has 31 heavy (non-hydrogen) atoms. The minimum Gasteiger partial charge on any atom is -0.408 e. The maximum atomic E-state index is 12.4. The lowest BCUT2D eigenvalue weighted by molar-refractivity contribution is -0.123. The number of piperidine rings is 1. The number of hydrogen-bond donors (Lipinski definition) is 2. The Labute approximate surface area is 179 Å². The van der Waals surface area contributed by atoms with E-state index in [2.05, 4.69) is 10.2 Å². The van der Waals surface area contributed by atoms with Gasteiger partial charge >= 0.3 is 5.76 Å². The predicted molar refractivity (Wildman–Crippen MR) is 117 cm³/mol. The molecule has 2 heterocycles. The van der Waals surface area contributed by atoms with E-state index in [1.165, 1.54) is 4.57 Å². The summed E-state index contributed by atoms with van der Waals surface area (Å²) in [6.07, 6.45) is 1.73. The first-order valence-corrected chi connectivity index (χ1v) is 10.5. The number of nitrogens with two attached hydrogens (primary N) is 1. The van der Waals surface area contributed by atoms with Gasteiger partial charge in [-0.15, -0.1) is 0 Å². The number of nitrogens with one attached hydrogen (secondary N) is 1. The molecule has 3 N–H and O–H groups in total. The molecular formula is C23H26N4O4. The number of aryl methyl sites for hydroxylation is 1. The first kappa shape index (κ1) is 20.9. The van der Waals surface area contributed by atoms with Gasteiger partial charge in [0.25, 0.3) is 0 Å². The average Bonchev–Trinajstić information content (AvgIpc) is 3.08. The second kappa shape index (κ2) is 9.18. The molecule has 0 atom stereocenters. The Bertz CT molecular complexity index is 1140. The van der Waals surface area contributed by atoms with Crippen molar-refractivity contribution in [3.63, 3.8) is 0 Å². The second-order valence-electron chi connectivity index (χ2n) is 7.94. The molecule has 2 amide bonds. The van der Waals surface area contributed by atoms with Crippen LogP contribution in [0, 0.1) is 5.92 Å². The molecule has 8 heteroatoms. The molecule has 1 aliphatic heterocycles. The van der Waals surface area contributed by atoms with Gasteiger partial charge in [-0.25, -0.2) is 4.79 Å². The van der Waals surface area contributed by atoms with Crippen LogP contribution in [0.15, 0.2) is 57.7 Å². The number of aromatic nitrogens is 1. The van der Waals surface area contributed by atoms with Gasteiger partial charge in [-0.05, 0) is 55.8 Å². The number of amides is 2. The number of likely N-dealkylation sites (tertiary alicyclic amines) is 1. The minimum absolute atomic E-state index is 0.0262. The van der Waals surface area contributed by atoms with E-state index in [0.717, 1.165) is 43.7 Å². The van der Waals surface area contributed by atoms with E-state index in [9.17, 15) is 14.4 Å². The number of fused-ring (bicyclic) bond motifs is 1. The van der Waals surface area contributed by atoms with Crippen molar-refractivity contribution in [2.45, 2.75) is 32.4 Å². The Kier molecular flexibility index (Phi) is 6.18. The molecule has 1 saturated heterocycles. The van der Waals surface area contributed by atoms with Crippen molar-refractivity contribution in [1.29, 1.82) is 0 Å². The fraction of sp³-hybridized carbons (Fsp3) is 0.348. The number of anilines is 1. The van der Waals surface area contributed by atoms with Crippen LogP contribution in [0.25, 0.3) is 11.1 Å². The molecule has 1 fully saturated rings. The molecule has 162 valence electrons. The molecule has 0 spiro atoms. The van der Waals surface area contributed by atoms with Crippen LogP contribution >= 0.6 is 0 Å². The Morgan fingerprint density at radius 3 is 2.65 bits per heavy atom. The van der Waals surface area contributed by atoms with Gasteiger partial charge in [0.2, 0.25) is 11.8 Å². The summed E-state index contributed by atoms with van der Waals surface area (Å²) >= 11 is 0. The smallest absolute Gasteiger partial charge is 0.408 e. The third kappa shape index (κ3) is 5.03. The van der Waals surface area contributed by atoms with Crippen LogP contribution in [0.2, 0.25) is 0 Å². The Balaban J connectivity index is 1.32. The van der Waals surface area contributed by atoms with E-state index >= 15 is 0 Å². The summed E-state index contributed by atoms with van der Waals surface area (Å²) in [7, 11) is 0. The van der Waals surface area contributed by atoms with Gasteiger partial charge in [0.05, 0.1) is 5.52 Å². The number of carbonyl (C=O) groups is 2. The zero-order chi connectivity index (χ0) is 21.8. The van der Waals surface area contributed by atoms with Crippen molar-refractivity contribution in [2.75, 3.05) is 18.4 Å². The maximum absolute atomic E-state index is 12.4. The Hall–Kier alpha value is -3.39. The number of oxazole rings is 1. The van der Waals surface area contributed by atoms with Crippen LogP contribution in [0.3, 0.4) is 0 Å². The first-order chi connectivity index (χ1) is 15.0. The van der Waals surface area contributed by atoms with Crippen LogP contribution in [-0.2, 0) is 22.7 Å². The molecular weight excluding hydrogens is 396 g/mol. The molecule has 1 aliphatic rings. The molecule has 0 saturated carbocycles. The van der Waals surface area contributed by atoms with E-state index in [0.29, 0.717) is 11.1 Å². The van der Waals surface area contributed by atoms with Crippen molar-refractivity contribution in [2.24, 2.45) is 11.7 Å².